The molecule has 0 bridgehead atoms. The minimum absolute atomic E-state index is 0.0602. The number of rotatable bonds is 3. The summed E-state index contributed by atoms with van der Waals surface area (Å²) in [6.45, 7) is 0.728. The number of hydrogen-bond donors (Lipinski definition) is 2. The molecule has 0 aliphatic heterocycles. The highest BCUT2D eigenvalue weighted by molar-refractivity contribution is 7.10. The maximum Gasteiger partial charge on any atom is 0.227 e. The van der Waals surface area contributed by atoms with Gasteiger partial charge in [0.15, 0.2) is 0 Å². The van der Waals surface area contributed by atoms with Gasteiger partial charge in [-0.1, -0.05) is 0 Å². The van der Waals surface area contributed by atoms with E-state index in [-0.39, 0.29) is 17.9 Å². The molecule has 1 amide bonds. The van der Waals surface area contributed by atoms with Crippen LogP contribution in [-0.2, 0) is 11.2 Å². The van der Waals surface area contributed by atoms with E-state index in [1.165, 1.54) is 10.4 Å². The Morgan fingerprint density at radius 3 is 3.11 bits per heavy atom. The van der Waals surface area contributed by atoms with Crippen LogP contribution in [0, 0.1) is 5.92 Å². The van der Waals surface area contributed by atoms with E-state index in [0.29, 0.717) is 5.92 Å². The molecule has 2 aliphatic carbocycles. The minimum atomic E-state index is -0.134. The molecule has 2 aliphatic rings. The van der Waals surface area contributed by atoms with Gasteiger partial charge in [0.25, 0.3) is 0 Å². The lowest BCUT2D eigenvalue weighted by Gasteiger charge is -2.32. The molecule has 0 saturated heterocycles. The van der Waals surface area contributed by atoms with Gasteiger partial charge in [-0.25, -0.2) is 0 Å². The Balaban J connectivity index is 1.57. The topological polar surface area (TPSA) is 49.3 Å². The lowest BCUT2D eigenvalue weighted by molar-refractivity contribution is -0.123. The Morgan fingerprint density at radius 2 is 2.33 bits per heavy atom. The molecule has 1 aromatic rings. The first-order valence-electron chi connectivity index (χ1n) is 6.76. The number of carbonyl (C=O) groups excluding carboxylic acids is 1. The first kappa shape index (κ1) is 12.2. The molecule has 3 nitrogen and oxygen atoms in total. The molecule has 0 radical (unpaired) electrons. The van der Waals surface area contributed by atoms with Crippen molar-refractivity contribution in [3.63, 3.8) is 0 Å². The fourth-order valence-corrected chi connectivity index (χ4v) is 3.98. The second kappa shape index (κ2) is 5.02. The molecule has 1 heterocycles. The number of amides is 1. The van der Waals surface area contributed by atoms with Gasteiger partial charge in [0.05, 0.1) is 12.0 Å². The second-order valence-electron chi connectivity index (χ2n) is 5.48. The van der Waals surface area contributed by atoms with Crippen LogP contribution in [0.25, 0.3) is 0 Å². The number of aliphatic hydroxyl groups is 1. The lowest BCUT2D eigenvalue weighted by Crippen LogP contribution is -2.40. The molecule has 1 fully saturated rings. The first-order chi connectivity index (χ1) is 8.74. The third kappa shape index (κ3) is 2.31. The molecule has 1 unspecified atom stereocenters. The lowest BCUT2D eigenvalue weighted by atomic mass is 9.82. The minimum Gasteiger partial charge on any atom is -0.393 e. The molecule has 1 aromatic heterocycles. The molecule has 0 aromatic carbocycles. The quantitative estimate of drug-likeness (QED) is 0.879. The van der Waals surface area contributed by atoms with Gasteiger partial charge >= 0.3 is 0 Å². The van der Waals surface area contributed by atoms with Crippen LogP contribution in [0.4, 0.5) is 0 Å². The van der Waals surface area contributed by atoms with Crippen LogP contribution < -0.4 is 5.32 Å². The number of nitrogens with one attached hydrogen (secondary N) is 1. The fraction of sp³-hybridized carbons (Fsp3) is 0.643. The van der Waals surface area contributed by atoms with Crippen molar-refractivity contribution in [2.75, 3.05) is 6.54 Å². The van der Waals surface area contributed by atoms with Crippen molar-refractivity contribution in [1.29, 1.82) is 0 Å². The summed E-state index contributed by atoms with van der Waals surface area (Å²) in [7, 11) is 0. The summed E-state index contributed by atoms with van der Waals surface area (Å²) in [4.78, 5) is 13.6. The standard InChI is InChI=1S/C14H19NO2S/c16-10-6-9(7-10)8-15-14(17)12-2-1-3-13-11(12)4-5-18-13/h4-5,9-10,12,16H,1-3,6-8H2,(H,15,17). The zero-order chi connectivity index (χ0) is 12.5. The largest absolute Gasteiger partial charge is 0.393 e. The van der Waals surface area contributed by atoms with Crippen LogP contribution in [-0.4, -0.2) is 23.7 Å². The molecule has 2 N–H and O–H groups in total. The van der Waals surface area contributed by atoms with Crippen LogP contribution in [0.5, 0.6) is 0 Å². The Kier molecular flexibility index (Phi) is 3.39. The highest BCUT2D eigenvalue weighted by atomic mass is 32.1. The Labute approximate surface area is 111 Å². The maximum absolute atomic E-state index is 12.2. The number of fused-ring (bicyclic) bond motifs is 1. The zero-order valence-electron chi connectivity index (χ0n) is 10.4. The van der Waals surface area contributed by atoms with Crippen LogP contribution in [0.15, 0.2) is 11.4 Å². The summed E-state index contributed by atoms with van der Waals surface area (Å²) >= 11 is 1.77. The van der Waals surface area contributed by atoms with Gasteiger partial charge < -0.3 is 10.4 Å². The van der Waals surface area contributed by atoms with E-state index < -0.39 is 0 Å². The van der Waals surface area contributed by atoms with Gasteiger partial charge in [-0.15, -0.1) is 11.3 Å². The molecule has 18 heavy (non-hydrogen) atoms. The smallest absolute Gasteiger partial charge is 0.227 e. The van der Waals surface area contributed by atoms with Crippen molar-refractivity contribution in [3.05, 3.63) is 21.9 Å². The van der Waals surface area contributed by atoms with Gasteiger partial charge in [-0.2, -0.15) is 0 Å². The highest BCUT2D eigenvalue weighted by Crippen LogP contribution is 2.35. The van der Waals surface area contributed by atoms with Crippen molar-refractivity contribution in [2.45, 2.75) is 44.1 Å². The van der Waals surface area contributed by atoms with E-state index in [1.54, 1.807) is 11.3 Å². The van der Waals surface area contributed by atoms with E-state index in [1.807, 2.05) is 0 Å². The summed E-state index contributed by atoms with van der Waals surface area (Å²) in [6.07, 6.45) is 4.77. The summed E-state index contributed by atoms with van der Waals surface area (Å²) < 4.78 is 0. The van der Waals surface area contributed by atoms with Crippen LogP contribution in [0.1, 0.15) is 42.0 Å². The molecule has 0 spiro atoms. The third-order valence-electron chi connectivity index (χ3n) is 4.14. The molecular weight excluding hydrogens is 246 g/mol. The first-order valence-corrected chi connectivity index (χ1v) is 7.64. The normalized spacial score (nSPS) is 30.4. The molecule has 98 valence electrons. The summed E-state index contributed by atoms with van der Waals surface area (Å²) in [5.41, 5.74) is 1.25. The fourth-order valence-electron chi connectivity index (χ4n) is 2.99. The van der Waals surface area contributed by atoms with Crippen molar-refractivity contribution >= 4 is 17.2 Å². The number of carbonyl (C=O) groups is 1. The number of aliphatic hydroxyl groups excluding tert-OH is 1. The number of aryl methyl sites for hydroxylation is 1. The van der Waals surface area contributed by atoms with Gasteiger partial charge in [0.2, 0.25) is 5.91 Å². The molecular formula is C14H19NO2S. The predicted octanol–water partition coefficient (Wildman–Crippen LogP) is 2.06. The van der Waals surface area contributed by atoms with E-state index >= 15 is 0 Å². The van der Waals surface area contributed by atoms with E-state index in [9.17, 15) is 9.90 Å². The van der Waals surface area contributed by atoms with E-state index in [2.05, 4.69) is 16.8 Å². The Morgan fingerprint density at radius 1 is 1.50 bits per heavy atom. The van der Waals surface area contributed by atoms with Crippen LogP contribution in [0.2, 0.25) is 0 Å². The summed E-state index contributed by atoms with van der Waals surface area (Å²) in [5, 5.41) is 14.4. The monoisotopic (exact) mass is 265 g/mol. The third-order valence-corrected chi connectivity index (χ3v) is 5.14. The zero-order valence-corrected chi connectivity index (χ0v) is 11.2. The highest BCUT2D eigenvalue weighted by Gasteiger charge is 2.30. The van der Waals surface area contributed by atoms with Gasteiger partial charge in [0, 0.05) is 11.4 Å². The molecule has 1 atom stereocenters. The summed E-state index contributed by atoms with van der Waals surface area (Å²) in [5.74, 6) is 0.718. The van der Waals surface area contributed by atoms with Crippen LogP contribution in [0.3, 0.4) is 0 Å². The average Bonchev–Trinajstić information content (AvgIpc) is 2.80. The molecule has 4 heteroatoms. The average molecular weight is 265 g/mol. The summed E-state index contributed by atoms with van der Waals surface area (Å²) in [6, 6.07) is 2.11. The van der Waals surface area contributed by atoms with Gasteiger partial charge in [-0.05, 0) is 55.0 Å². The second-order valence-corrected chi connectivity index (χ2v) is 6.48. The number of thiophene rings is 1. The van der Waals surface area contributed by atoms with Gasteiger partial charge in [0.1, 0.15) is 0 Å². The molecule has 3 rings (SSSR count). The Bertz CT molecular complexity index is 437. The SMILES string of the molecule is O=C(NCC1CC(O)C1)C1CCCc2sccc21. The molecule has 1 saturated carbocycles. The van der Waals surface area contributed by atoms with Crippen LogP contribution >= 0.6 is 11.3 Å². The van der Waals surface area contributed by atoms with Crippen molar-refractivity contribution in [1.82, 2.24) is 5.32 Å². The van der Waals surface area contributed by atoms with Gasteiger partial charge in [-0.3, -0.25) is 4.79 Å². The van der Waals surface area contributed by atoms with Crippen molar-refractivity contribution in [2.24, 2.45) is 5.92 Å². The Hall–Kier alpha value is -0.870. The van der Waals surface area contributed by atoms with E-state index in [4.69, 9.17) is 0 Å². The van der Waals surface area contributed by atoms with Crippen molar-refractivity contribution in [3.8, 4) is 0 Å². The number of hydrogen-bond acceptors (Lipinski definition) is 3. The predicted molar refractivity (Wildman–Crippen MR) is 71.7 cm³/mol. The van der Waals surface area contributed by atoms with Crippen molar-refractivity contribution < 1.29 is 9.90 Å². The van der Waals surface area contributed by atoms with E-state index in [0.717, 1.165) is 38.6 Å². The maximum atomic E-state index is 12.2.